The highest BCUT2D eigenvalue weighted by Crippen LogP contribution is 2.34. The lowest BCUT2D eigenvalue weighted by Crippen LogP contribution is -2.24. The van der Waals surface area contributed by atoms with Crippen molar-refractivity contribution in [2.24, 2.45) is 0 Å². The largest absolute Gasteiger partial charge is 0.504 e. The van der Waals surface area contributed by atoms with Gasteiger partial charge in [0, 0.05) is 6.54 Å². The van der Waals surface area contributed by atoms with Gasteiger partial charge in [-0.1, -0.05) is 18.2 Å². The van der Waals surface area contributed by atoms with Crippen LogP contribution in [0, 0.1) is 0 Å². The fourth-order valence-electron chi connectivity index (χ4n) is 1.81. The van der Waals surface area contributed by atoms with Gasteiger partial charge >= 0.3 is 6.18 Å². The van der Waals surface area contributed by atoms with Crippen molar-refractivity contribution in [1.29, 1.82) is 0 Å². The lowest BCUT2D eigenvalue weighted by Gasteiger charge is -2.12. The molecule has 8 heteroatoms. The van der Waals surface area contributed by atoms with E-state index in [1.54, 1.807) is 0 Å². The predicted molar refractivity (Wildman–Crippen MR) is 72.8 cm³/mol. The lowest BCUT2D eigenvalue weighted by atomic mass is 10.2. The van der Waals surface area contributed by atoms with Crippen LogP contribution in [-0.2, 0) is 6.18 Å². The van der Waals surface area contributed by atoms with Crippen molar-refractivity contribution in [2.75, 3.05) is 6.54 Å². The number of rotatable bonds is 4. The zero-order valence-electron chi connectivity index (χ0n) is 11.3. The first-order valence-corrected chi connectivity index (χ1v) is 6.19. The number of aromatic nitrogens is 2. The average molecular weight is 311 g/mol. The molecule has 116 valence electrons. The minimum atomic E-state index is -4.58. The number of hydrogen-bond donors (Lipinski definition) is 2. The number of amides is 1. The van der Waals surface area contributed by atoms with Gasteiger partial charge < -0.3 is 10.4 Å². The molecule has 0 aliphatic heterocycles. The Hall–Kier alpha value is -2.77. The summed E-state index contributed by atoms with van der Waals surface area (Å²) in [5, 5.41) is 15.8. The van der Waals surface area contributed by atoms with Gasteiger partial charge in [0.15, 0.2) is 11.4 Å². The Morgan fingerprint density at radius 2 is 2.09 bits per heavy atom. The van der Waals surface area contributed by atoms with Crippen LogP contribution in [0.25, 0.3) is 5.69 Å². The molecule has 1 heterocycles. The zero-order valence-corrected chi connectivity index (χ0v) is 11.3. The summed E-state index contributed by atoms with van der Waals surface area (Å²) in [6.07, 6.45) is -2.21. The van der Waals surface area contributed by atoms with Crippen molar-refractivity contribution in [2.45, 2.75) is 6.18 Å². The standard InChI is InChI=1S/C14H12F3N3O2/c1-2-7-18-13(22)12-11(21)8-20(19-12)10-6-4-3-5-9(10)14(15,16)17/h2-6,8,21H,1,7H2,(H,18,22). The van der Waals surface area contributed by atoms with E-state index < -0.39 is 23.4 Å². The van der Waals surface area contributed by atoms with Crippen molar-refractivity contribution >= 4 is 5.91 Å². The van der Waals surface area contributed by atoms with Crippen LogP contribution in [0.2, 0.25) is 0 Å². The topological polar surface area (TPSA) is 67.2 Å². The van der Waals surface area contributed by atoms with Gasteiger partial charge in [-0.05, 0) is 12.1 Å². The highest BCUT2D eigenvalue weighted by Gasteiger charge is 2.34. The Morgan fingerprint density at radius 1 is 1.41 bits per heavy atom. The minimum absolute atomic E-state index is 0.143. The average Bonchev–Trinajstić information content (AvgIpc) is 2.86. The van der Waals surface area contributed by atoms with Gasteiger partial charge in [0.05, 0.1) is 17.4 Å². The predicted octanol–water partition coefficient (Wildman–Crippen LogP) is 2.51. The van der Waals surface area contributed by atoms with Crippen molar-refractivity contribution in [3.8, 4) is 11.4 Å². The summed E-state index contributed by atoms with van der Waals surface area (Å²) in [5.41, 5.74) is -1.57. The van der Waals surface area contributed by atoms with E-state index in [1.165, 1.54) is 24.3 Å². The van der Waals surface area contributed by atoms with Gasteiger partial charge in [0.1, 0.15) is 0 Å². The molecule has 0 bridgehead atoms. The normalized spacial score (nSPS) is 11.2. The smallest absolute Gasteiger partial charge is 0.418 e. The minimum Gasteiger partial charge on any atom is -0.504 e. The maximum absolute atomic E-state index is 13.0. The molecule has 5 nitrogen and oxygen atoms in total. The van der Waals surface area contributed by atoms with E-state index in [0.29, 0.717) is 0 Å². The molecule has 0 radical (unpaired) electrons. The quantitative estimate of drug-likeness (QED) is 0.853. The van der Waals surface area contributed by atoms with Gasteiger partial charge in [-0.25, -0.2) is 4.68 Å². The maximum atomic E-state index is 13.0. The molecule has 2 rings (SSSR count). The fourth-order valence-corrected chi connectivity index (χ4v) is 1.81. The molecule has 1 aromatic carbocycles. The highest BCUT2D eigenvalue weighted by atomic mass is 19.4. The molecule has 2 N–H and O–H groups in total. The highest BCUT2D eigenvalue weighted by molar-refractivity contribution is 5.94. The van der Waals surface area contributed by atoms with Gasteiger partial charge in [-0.15, -0.1) is 6.58 Å². The molecule has 1 amide bonds. The van der Waals surface area contributed by atoms with Crippen LogP contribution in [0.5, 0.6) is 5.75 Å². The molecular weight excluding hydrogens is 299 g/mol. The number of nitrogens with zero attached hydrogens (tertiary/aromatic N) is 2. The molecule has 0 aliphatic rings. The van der Waals surface area contributed by atoms with E-state index in [1.807, 2.05) is 0 Å². The Labute approximate surface area is 123 Å². The molecular formula is C14H12F3N3O2. The molecule has 0 fully saturated rings. The van der Waals surface area contributed by atoms with Gasteiger partial charge in [-0.2, -0.15) is 18.3 Å². The third kappa shape index (κ3) is 3.11. The summed E-state index contributed by atoms with van der Waals surface area (Å²) in [4.78, 5) is 11.7. The van der Waals surface area contributed by atoms with Crippen LogP contribution in [-0.4, -0.2) is 27.3 Å². The van der Waals surface area contributed by atoms with Crippen molar-refractivity contribution in [3.63, 3.8) is 0 Å². The maximum Gasteiger partial charge on any atom is 0.418 e. The summed E-state index contributed by atoms with van der Waals surface area (Å²) in [6, 6.07) is 4.74. The van der Waals surface area contributed by atoms with E-state index in [-0.39, 0.29) is 17.9 Å². The van der Waals surface area contributed by atoms with Crippen LogP contribution < -0.4 is 5.32 Å². The molecule has 0 atom stereocenters. The Bertz CT molecular complexity index is 708. The number of para-hydroxylation sites is 1. The molecule has 0 aliphatic carbocycles. The van der Waals surface area contributed by atoms with Gasteiger partial charge in [-0.3, -0.25) is 4.79 Å². The van der Waals surface area contributed by atoms with Crippen molar-refractivity contribution in [1.82, 2.24) is 15.1 Å². The Morgan fingerprint density at radius 3 is 2.73 bits per heavy atom. The van der Waals surface area contributed by atoms with Crippen LogP contribution in [0.1, 0.15) is 16.1 Å². The van der Waals surface area contributed by atoms with E-state index in [2.05, 4.69) is 17.0 Å². The number of benzene rings is 1. The first kappa shape index (κ1) is 15.6. The molecule has 2 aromatic rings. The number of nitrogens with one attached hydrogen (secondary N) is 1. The second-order valence-electron chi connectivity index (χ2n) is 4.32. The molecule has 22 heavy (non-hydrogen) atoms. The molecule has 0 saturated heterocycles. The SMILES string of the molecule is C=CCNC(=O)c1nn(-c2ccccc2C(F)(F)F)cc1O. The Kier molecular flexibility index (Phi) is 4.20. The monoisotopic (exact) mass is 311 g/mol. The number of carbonyl (C=O) groups is 1. The van der Waals surface area contributed by atoms with Crippen LogP contribution in [0.4, 0.5) is 13.2 Å². The number of halogens is 3. The van der Waals surface area contributed by atoms with E-state index >= 15 is 0 Å². The fraction of sp³-hybridized carbons (Fsp3) is 0.143. The first-order valence-electron chi connectivity index (χ1n) is 6.19. The molecule has 0 saturated carbocycles. The van der Waals surface area contributed by atoms with E-state index in [4.69, 9.17) is 0 Å². The second kappa shape index (κ2) is 5.92. The van der Waals surface area contributed by atoms with Crippen LogP contribution in [0.3, 0.4) is 0 Å². The summed E-state index contributed by atoms with van der Waals surface area (Å²) < 4.78 is 39.7. The van der Waals surface area contributed by atoms with E-state index in [9.17, 15) is 23.1 Å². The van der Waals surface area contributed by atoms with Crippen molar-refractivity contribution in [3.05, 3.63) is 54.4 Å². The van der Waals surface area contributed by atoms with Crippen LogP contribution >= 0.6 is 0 Å². The number of aromatic hydroxyl groups is 1. The molecule has 1 aromatic heterocycles. The van der Waals surface area contributed by atoms with Crippen molar-refractivity contribution < 1.29 is 23.1 Å². The van der Waals surface area contributed by atoms with Crippen LogP contribution in [0.15, 0.2) is 43.1 Å². The van der Waals surface area contributed by atoms with Gasteiger partial charge in [0.25, 0.3) is 5.91 Å². The number of carbonyl (C=O) groups excluding carboxylic acids is 1. The summed E-state index contributed by atoms with van der Waals surface area (Å²) in [6.45, 7) is 3.56. The number of hydrogen-bond acceptors (Lipinski definition) is 3. The number of alkyl halides is 3. The summed E-state index contributed by atoms with van der Waals surface area (Å²) >= 11 is 0. The Balaban J connectivity index is 2.44. The summed E-state index contributed by atoms with van der Waals surface area (Å²) in [7, 11) is 0. The second-order valence-corrected chi connectivity index (χ2v) is 4.32. The van der Waals surface area contributed by atoms with E-state index in [0.717, 1.165) is 16.9 Å². The first-order chi connectivity index (χ1) is 10.3. The molecule has 0 spiro atoms. The third-order valence-corrected chi connectivity index (χ3v) is 2.77. The van der Waals surface area contributed by atoms with Gasteiger partial charge in [0.2, 0.25) is 0 Å². The zero-order chi connectivity index (χ0) is 16.3. The third-order valence-electron chi connectivity index (χ3n) is 2.77. The lowest BCUT2D eigenvalue weighted by molar-refractivity contribution is -0.137. The summed E-state index contributed by atoms with van der Waals surface area (Å²) in [5.74, 6) is -1.22. The molecule has 0 unspecified atom stereocenters.